The molecule has 1 atom stereocenters. The molecule has 0 spiro atoms. The molecule has 2 heterocycles. The van der Waals surface area contributed by atoms with Crippen LogP contribution in [0.1, 0.15) is 12.8 Å². The summed E-state index contributed by atoms with van der Waals surface area (Å²) in [6, 6.07) is 3.67. The van der Waals surface area contributed by atoms with E-state index in [0.717, 1.165) is 19.5 Å². The maximum absolute atomic E-state index is 5.62. The van der Waals surface area contributed by atoms with Gasteiger partial charge in [-0.05, 0) is 25.5 Å². The van der Waals surface area contributed by atoms with Crippen LogP contribution in [0.25, 0.3) is 0 Å². The van der Waals surface area contributed by atoms with E-state index in [2.05, 4.69) is 15.5 Å². The lowest BCUT2D eigenvalue weighted by Gasteiger charge is -2.22. The molecule has 4 nitrogen and oxygen atoms in total. The molecule has 1 N–H and O–H groups in total. The number of hydrogen-bond acceptors (Lipinski definition) is 4. The zero-order chi connectivity index (χ0) is 8.93. The summed E-state index contributed by atoms with van der Waals surface area (Å²) in [5, 5.41) is 10.9. The van der Waals surface area contributed by atoms with Gasteiger partial charge in [-0.15, -0.1) is 5.10 Å². The van der Waals surface area contributed by atoms with Gasteiger partial charge in [0.25, 0.3) is 0 Å². The van der Waals surface area contributed by atoms with Crippen molar-refractivity contribution in [3.8, 4) is 5.88 Å². The van der Waals surface area contributed by atoms with Crippen LogP contribution in [0, 0.1) is 0 Å². The van der Waals surface area contributed by atoms with Crippen molar-refractivity contribution in [2.24, 2.45) is 0 Å². The standard InChI is InChI=1S/C9H13N3O/c1-3-8(7-10-5-1)13-9-4-2-6-11-12-9/h2,4,6,8,10H,1,3,5,7H2/t8-/m0/s1. The Bertz CT molecular complexity index is 246. The minimum absolute atomic E-state index is 0.255. The summed E-state index contributed by atoms with van der Waals surface area (Å²) >= 11 is 0. The predicted molar refractivity (Wildman–Crippen MR) is 48.6 cm³/mol. The lowest BCUT2D eigenvalue weighted by Crippen LogP contribution is -2.37. The van der Waals surface area contributed by atoms with Crippen molar-refractivity contribution >= 4 is 0 Å². The average Bonchev–Trinajstić information content (AvgIpc) is 2.21. The highest BCUT2D eigenvalue weighted by Gasteiger charge is 2.14. The van der Waals surface area contributed by atoms with E-state index in [1.54, 1.807) is 6.20 Å². The smallest absolute Gasteiger partial charge is 0.233 e. The van der Waals surface area contributed by atoms with Crippen LogP contribution in [0.4, 0.5) is 0 Å². The SMILES string of the molecule is c1cnnc(O[C@H]2CCCNC2)c1. The molecule has 0 saturated carbocycles. The Morgan fingerprint density at radius 1 is 1.54 bits per heavy atom. The van der Waals surface area contributed by atoms with Crippen molar-refractivity contribution in [3.63, 3.8) is 0 Å². The van der Waals surface area contributed by atoms with Crippen LogP contribution < -0.4 is 10.1 Å². The van der Waals surface area contributed by atoms with Crippen LogP contribution in [-0.2, 0) is 0 Å². The van der Waals surface area contributed by atoms with E-state index in [-0.39, 0.29) is 6.10 Å². The Kier molecular flexibility index (Phi) is 2.72. The van der Waals surface area contributed by atoms with Gasteiger partial charge in [0.05, 0.1) is 0 Å². The topological polar surface area (TPSA) is 47.0 Å². The summed E-state index contributed by atoms with van der Waals surface area (Å²) in [7, 11) is 0. The van der Waals surface area contributed by atoms with E-state index in [1.807, 2.05) is 12.1 Å². The summed E-state index contributed by atoms with van der Waals surface area (Å²) in [5.74, 6) is 0.621. The Hall–Kier alpha value is -1.16. The van der Waals surface area contributed by atoms with Gasteiger partial charge in [-0.25, -0.2) is 0 Å². The molecule has 0 radical (unpaired) electrons. The monoisotopic (exact) mass is 179 g/mol. The normalized spacial score (nSPS) is 22.6. The van der Waals surface area contributed by atoms with E-state index in [4.69, 9.17) is 4.74 Å². The van der Waals surface area contributed by atoms with Crippen LogP contribution in [-0.4, -0.2) is 29.4 Å². The number of ether oxygens (including phenoxy) is 1. The largest absolute Gasteiger partial charge is 0.472 e. The third-order valence-electron chi connectivity index (χ3n) is 2.09. The van der Waals surface area contributed by atoms with Gasteiger partial charge in [0.1, 0.15) is 6.10 Å². The lowest BCUT2D eigenvalue weighted by atomic mass is 10.1. The van der Waals surface area contributed by atoms with Gasteiger partial charge >= 0.3 is 0 Å². The Balaban J connectivity index is 1.90. The molecule has 1 fully saturated rings. The van der Waals surface area contributed by atoms with E-state index >= 15 is 0 Å². The Morgan fingerprint density at radius 3 is 3.23 bits per heavy atom. The molecule has 1 aliphatic rings. The molecule has 1 saturated heterocycles. The van der Waals surface area contributed by atoms with E-state index in [1.165, 1.54) is 6.42 Å². The molecule has 0 aromatic carbocycles. The Morgan fingerprint density at radius 2 is 2.54 bits per heavy atom. The van der Waals surface area contributed by atoms with E-state index in [9.17, 15) is 0 Å². The van der Waals surface area contributed by atoms with Crippen molar-refractivity contribution in [1.82, 2.24) is 15.5 Å². The first kappa shape index (κ1) is 8.44. The minimum atomic E-state index is 0.255. The fourth-order valence-electron chi connectivity index (χ4n) is 1.44. The van der Waals surface area contributed by atoms with Crippen molar-refractivity contribution in [3.05, 3.63) is 18.3 Å². The maximum Gasteiger partial charge on any atom is 0.233 e. The molecule has 2 rings (SSSR count). The molecular formula is C9H13N3O. The first-order valence-corrected chi connectivity index (χ1v) is 4.60. The van der Waals surface area contributed by atoms with Gasteiger partial charge in [0, 0.05) is 18.8 Å². The van der Waals surface area contributed by atoms with Crippen molar-refractivity contribution in [2.45, 2.75) is 18.9 Å². The fourth-order valence-corrected chi connectivity index (χ4v) is 1.44. The molecule has 0 bridgehead atoms. The van der Waals surface area contributed by atoms with Crippen LogP contribution >= 0.6 is 0 Å². The van der Waals surface area contributed by atoms with Gasteiger partial charge in [-0.3, -0.25) is 0 Å². The summed E-state index contributed by atoms with van der Waals surface area (Å²) in [6.45, 7) is 2.01. The zero-order valence-electron chi connectivity index (χ0n) is 7.44. The van der Waals surface area contributed by atoms with Crippen LogP contribution in [0.2, 0.25) is 0 Å². The fraction of sp³-hybridized carbons (Fsp3) is 0.556. The van der Waals surface area contributed by atoms with Crippen LogP contribution in [0.3, 0.4) is 0 Å². The van der Waals surface area contributed by atoms with E-state index in [0.29, 0.717) is 5.88 Å². The second-order valence-corrected chi connectivity index (χ2v) is 3.15. The van der Waals surface area contributed by atoms with Gasteiger partial charge in [0.2, 0.25) is 5.88 Å². The third-order valence-corrected chi connectivity index (χ3v) is 2.09. The third kappa shape index (κ3) is 2.39. The highest BCUT2D eigenvalue weighted by Crippen LogP contribution is 2.10. The number of rotatable bonds is 2. The first-order chi connectivity index (χ1) is 6.45. The molecule has 0 aliphatic carbocycles. The second kappa shape index (κ2) is 4.18. The molecule has 13 heavy (non-hydrogen) atoms. The number of nitrogens with zero attached hydrogens (tertiary/aromatic N) is 2. The number of hydrogen-bond donors (Lipinski definition) is 1. The summed E-state index contributed by atoms with van der Waals surface area (Å²) in [6.07, 6.45) is 4.17. The van der Waals surface area contributed by atoms with Gasteiger partial charge < -0.3 is 10.1 Å². The highest BCUT2D eigenvalue weighted by molar-refractivity contribution is 5.06. The molecule has 1 aliphatic heterocycles. The molecule has 70 valence electrons. The minimum Gasteiger partial charge on any atom is -0.472 e. The number of piperidine rings is 1. The van der Waals surface area contributed by atoms with Gasteiger partial charge in [0.15, 0.2) is 0 Å². The van der Waals surface area contributed by atoms with Crippen LogP contribution in [0.5, 0.6) is 5.88 Å². The number of aromatic nitrogens is 2. The molecule has 1 aromatic rings. The van der Waals surface area contributed by atoms with Crippen LogP contribution in [0.15, 0.2) is 18.3 Å². The molecular weight excluding hydrogens is 166 g/mol. The summed E-state index contributed by atoms with van der Waals surface area (Å²) in [4.78, 5) is 0. The van der Waals surface area contributed by atoms with Crippen molar-refractivity contribution < 1.29 is 4.74 Å². The average molecular weight is 179 g/mol. The van der Waals surface area contributed by atoms with Gasteiger partial charge in [-0.2, -0.15) is 5.10 Å². The van der Waals surface area contributed by atoms with E-state index < -0.39 is 0 Å². The van der Waals surface area contributed by atoms with Crippen molar-refractivity contribution in [1.29, 1.82) is 0 Å². The Labute approximate surface area is 77.3 Å². The second-order valence-electron chi connectivity index (χ2n) is 3.15. The van der Waals surface area contributed by atoms with Crippen molar-refractivity contribution in [2.75, 3.05) is 13.1 Å². The lowest BCUT2D eigenvalue weighted by molar-refractivity contribution is 0.159. The summed E-state index contributed by atoms with van der Waals surface area (Å²) < 4.78 is 5.62. The highest BCUT2D eigenvalue weighted by atomic mass is 16.5. The van der Waals surface area contributed by atoms with Gasteiger partial charge in [-0.1, -0.05) is 0 Å². The summed E-state index contributed by atoms with van der Waals surface area (Å²) in [5.41, 5.74) is 0. The molecule has 0 amide bonds. The maximum atomic E-state index is 5.62. The molecule has 4 heteroatoms. The zero-order valence-corrected chi connectivity index (χ0v) is 7.44. The first-order valence-electron chi connectivity index (χ1n) is 4.60. The quantitative estimate of drug-likeness (QED) is 0.722. The predicted octanol–water partition coefficient (Wildman–Crippen LogP) is 0.607. The molecule has 1 aromatic heterocycles. The molecule has 0 unspecified atom stereocenters. The number of nitrogens with one attached hydrogen (secondary N) is 1.